The highest BCUT2D eigenvalue weighted by molar-refractivity contribution is 9.10. The second-order valence-electron chi connectivity index (χ2n) is 5.08. The quantitative estimate of drug-likeness (QED) is 0.741. The summed E-state index contributed by atoms with van der Waals surface area (Å²) in [5.74, 6) is -0.599. The lowest BCUT2D eigenvalue weighted by molar-refractivity contribution is -0.147. The summed E-state index contributed by atoms with van der Waals surface area (Å²) in [6, 6.07) is 2.86. The Bertz CT molecular complexity index is 679. The molecule has 0 aromatic heterocycles. The molecule has 9 heteroatoms. The Balaban J connectivity index is 2.45. The van der Waals surface area contributed by atoms with Crippen LogP contribution >= 0.6 is 39.1 Å². The Kier molecular flexibility index (Phi) is 5.44. The average molecular weight is 431 g/mol. The zero-order valence-corrected chi connectivity index (χ0v) is 15.6. The van der Waals surface area contributed by atoms with Gasteiger partial charge in [-0.15, -0.1) is 0 Å². The molecule has 0 heterocycles. The summed E-state index contributed by atoms with van der Waals surface area (Å²) in [6.45, 7) is 0. The second kappa shape index (κ2) is 6.65. The molecule has 0 amide bonds. The predicted octanol–water partition coefficient (Wildman–Crippen LogP) is 3.52. The molecule has 0 radical (unpaired) electrons. The number of nitrogens with one attached hydrogen (secondary N) is 1. The molecule has 1 saturated carbocycles. The number of sulfonamides is 1. The Labute approximate surface area is 147 Å². The van der Waals surface area contributed by atoms with Crippen LogP contribution in [0.2, 0.25) is 10.0 Å². The summed E-state index contributed by atoms with van der Waals surface area (Å²) in [7, 11) is -2.84. The van der Waals surface area contributed by atoms with Gasteiger partial charge >= 0.3 is 5.97 Å². The summed E-state index contributed by atoms with van der Waals surface area (Å²) in [4.78, 5) is 11.8. The van der Waals surface area contributed by atoms with Crippen LogP contribution in [0.3, 0.4) is 0 Å². The molecule has 1 aliphatic rings. The van der Waals surface area contributed by atoms with Gasteiger partial charge in [-0.1, -0.05) is 52.0 Å². The zero-order chi connectivity index (χ0) is 16.5. The molecule has 2 rings (SSSR count). The van der Waals surface area contributed by atoms with Gasteiger partial charge in [-0.05, 0) is 25.0 Å². The first-order valence-electron chi connectivity index (χ1n) is 6.49. The van der Waals surface area contributed by atoms with Gasteiger partial charge in [-0.2, -0.15) is 4.72 Å². The average Bonchev–Trinajstić information content (AvgIpc) is 2.84. The van der Waals surface area contributed by atoms with E-state index in [2.05, 4.69) is 20.7 Å². The third-order valence-corrected chi connectivity index (χ3v) is 6.51. The highest BCUT2D eigenvalue weighted by atomic mass is 79.9. The lowest BCUT2D eigenvalue weighted by Crippen LogP contribution is -2.53. The first-order chi connectivity index (χ1) is 10.2. The van der Waals surface area contributed by atoms with Gasteiger partial charge in [0, 0.05) is 4.47 Å². The smallest absolute Gasteiger partial charge is 0.327 e. The van der Waals surface area contributed by atoms with Gasteiger partial charge in [0.1, 0.15) is 10.4 Å². The van der Waals surface area contributed by atoms with Gasteiger partial charge in [0.15, 0.2) is 0 Å². The van der Waals surface area contributed by atoms with Crippen molar-refractivity contribution >= 4 is 55.1 Å². The van der Waals surface area contributed by atoms with Crippen molar-refractivity contribution < 1.29 is 17.9 Å². The van der Waals surface area contributed by atoms with Crippen molar-refractivity contribution in [2.45, 2.75) is 36.1 Å². The molecule has 0 bridgehead atoms. The molecule has 0 aliphatic heterocycles. The number of carbonyl (C=O) groups is 1. The molecule has 1 aromatic carbocycles. The van der Waals surface area contributed by atoms with Crippen molar-refractivity contribution in [2.24, 2.45) is 0 Å². The molecule has 0 atom stereocenters. The topological polar surface area (TPSA) is 72.5 Å². The van der Waals surface area contributed by atoms with E-state index in [1.54, 1.807) is 0 Å². The number of methoxy groups -OCH3 is 1. The highest BCUT2D eigenvalue weighted by Gasteiger charge is 2.46. The normalized spacial score (nSPS) is 17.5. The van der Waals surface area contributed by atoms with Crippen LogP contribution in [-0.2, 0) is 19.6 Å². The third kappa shape index (κ3) is 3.43. The molecular weight excluding hydrogens is 417 g/mol. The van der Waals surface area contributed by atoms with E-state index >= 15 is 0 Å². The third-order valence-electron chi connectivity index (χ3n) is 3.59. The van der Waals surface area contributed by atoms with Gasteiger partial charge < -0.3 is 4.74 Å². The van der Waals surface area contributed by atoms with Gasteiger partial charge in [-0.3, -0.25) is 4.79 Å². The van der Waals surface area contributed by atoms with Gasteiger partial charge in [-0.25, -0.2) is 8.42 Å². The van der Waals surface area contributed by atoms with Crippen LogP contribution < -0.4 is 4.72 Å². The minimum Gasteiger partial charge on any atom is -0.468 e. The molecule has 0 saturated heterocycles. The fourth-order valence-electron chi connectivity index (χ4n) is 2.62. The maximum atomic E-state index is 12.7. The zero-order valence-electron chi connectivity index (χ0n) is 11.7. The van der Waals surface area contributed by atoms with Crippen LogP contribution in [0.4, 0.5) is 0 Å². The van der Waals surface area contributed by atoms with Crippen molar-refractivity contribution in [2.75, 3.05) is 7.11 Å². The minimum atomic E-state index is -4.07. The molecule has 1 N–H and O–H groups in total. The fourth-order valence-corrected chi connectivity index (χ4v) is 5.97. The molecule has 0 unspecified atom stereocenters. The van der Waals surface area contributed by atoms with Crippen molar-refractivity contribution in [3.05, 3.63) is 26.7 Å². The van der Waals surface area contributed by atoms with Crippen LogP contribution in [0, 0.1) is 0 Å². The lowest BCUT2D eigenvalue weighted by Gasteiger charge is -2.27. The Morgan fingerprint density at radius 1 is 1.27 bits per heavy atom. The van der Waals surface area contributed by atoms with Gasteiger partial charge in [0.2, 0.25) is 10.0 Å². The lowest BCUT2D eigenvalue weighted by atomic mass is 10.00. The maximum absolute atomic E-state index is 12.7. The first-order valence-corrected chi connectivity index (χ1v) is 9.52. The Morgan fingerprint density at radius 2 is 1.77 bits per heavy atom. The molecule has 0 spiro atoms. The summed E-state index contributed by atoms with van der Waals surface area (Å²) in [5, 5.41) is -0.0465. The van der Waals surface area contributed by atoms with Crippen molar-refractivity contribution in [1.82, 2.24) is 4.72 Å². The van der Waals surface area contributed by atoms with Crippen LogP contribution in [0.25, 0.3) is 0 Å². The molecule has 1 aromatic rings. The molecule has 1 aliphatic carbocycles. The molecular formula is C13H14BrCl2NO4S. The number of rotatable bonds is 4. The van der Waals surface area contributed by atoms with Gasteiger partial charge in [0.05, 0.1) is 17.2 Å². The fraction of sp³-hybridized carbons (Fsp3) is 0.462. The van der Waals surface area contributed by atoms with Crippen molar-refractivity contribution in [3.63, 3.8) is 0 Å². The molecule has 22 heavy (non-hydrogen) atoms. The van der Waals surface area contributed by atoms with E-state index in [0.29, 0.717) is 17.3 Å². The van der Waals surface area contributed by atoms with E-state index in [1.807, 2.05) is 0 Å². The van der Waals surface area contributed by atoms with Crippen LogP contribution in [0.5, 0.6) is 0 Å². The van der Waals surface area contributed by atoms with E-state index < -0.39 is 21.5 Å². The van der Waals surface area contributed by atoms with E-state index in [1.165, 1.54) is 19.2 Å². The molecule has 5 nitrogen and oxygen atoms in total. The largest absolute Gasteiger partial charge is 0.468 e. The number of hydrogen-bond acceptors (Lipinski definition) is 4. The van der Waals surface area contributed by atoms with Crippen molar-refractivity contribution in [1.29, 1.82) is 0 Å². The van der Waals surface area contributed by atoms with E-state index in [-0.39, 0.29) is 14.9 Å². The number of benzene rings is 1. The number of carbonyl (C=O) groups excluding carboxylic acids is 1. The number of hydrogen-bond donors (Lipinski definition) is 1. The maximum Gasteiger partial charge on any atom is 0.327 e. The Morgan fingerprint density at radius 3 is 2.23 bits per heavy atom. The number of esters is 1. The van der Waals surface area contributed by atoms with E-state index in [0.717, 1.165) is 12.8 Å². The van der Waals surface area contributed by atoms with Crippen LogP contribution in [0.15, 0.2) is 21.5 Å². The number of halogens is 3. The summed E-state index contributed by atoms with van der Waals surface area (Å²) < 4.78 is 33.1. The summed E-state index contributed by atoms with van der Waals surface area (Å²) in [5.41, 5.74) is -1.26. The monoisotopic (exact) mass is 429 g/mol. The predicted molar refractivity (Wildman–Crippen MR) is 87.7 cm³/mol. The van der Waals surface area contributed by atoms with E-state index in [9.17, 15) is 13.2 Å². The molecule has 1 fully saturated rings. The van der Waals surface area contributed by atoms with Crippen LogP contribution in [-0.4, -0.2) is 27.0 Å². The minimum absolute atomic E-state index is 0.0233. The first kappa shape index (κ1) is 18.0. The Hall–Kier alpha value is -0.340. The van der Waals surface area contributed by atoms with E-state index in [4.69, 9.17) is 27.9 Å². The van der Waals surface area contributed by atoms with Gasteiger partial charge in [0.25, 0.3) is 0 Å². The summed E-state index contributed by atoms with van der Waals surface area (Å²) >= 11 is 15.2. The SMILES string of the molecule is COC(=O)C1(NS(=O)(=O)c2c(Cl)cc(Br)cc2Cl)CCCC1. The highest BCUT2D eigenvalue weighted by Crippen LogP contribution is 2.36. The number of ether oxygens (including phenoxy) is 1. The van der Waals surface area contributed by atoms with Crippen molar-refractivity contribution in [3.8, 4) is 0 Å². The summed E-state index contributed by atoms with van der Waals surface area (Å²) in [6.07, 6.45) is 2.23. The van der Waals surface area contributed by atoms with Crippen LogP contribution in [0.1, 0.15) is 25.7 Å². The standard InChI is InChI=1S/C13H14BrCl2NO4S/c1-21-12(18)13(4-2-3-5-13)17-22(19,20)11-9(15)6-8(14)7-10(11)16/h6-7,17H,2-5H2,1H3. The molecule has 122 valence electrons. The second-order valence-corrected chi connectivity index (χ2v) is 8.43.